The molecule has 0 aliphatic carbocycles. The number of thioether (sulfide) groups is 1. The molecular weight excluding hydrogens is 394 g/mol. The molecule has 1 saturated heterocycles. The van der Waals surface area contributed by atoms with Gasteiger partial charge in [-0.1, -0.05) is 29.8 Å². The molecule has 5 nitrogen and oxygen atoms in total. The number of halogens is 1. The second-order valence-corrected chi connectivity index (χ2v) is 8.29. The van der Waals surface area contributed by atoms with Crippen molar-refractivity contribution in [2.45, 2.75) is 4.90 Å². The second kappa shape index (κ2) is 9.34. The summed E-state index contributed by atoms with van der Waals surface area (Å²) < 4.78 is 0. The lowest BCUT2D eigenvalue weighted by Gasteiger charge is -2.36. The van der Waals surface area contributed by atoms with Gasteiger partial charge in [0.2, 0.25) is 5.91 Å². The van der Waals surface area contributed by atoms with E-state index >= 15 is 0 Å². The number of carbonyl (C=O) groups is 2. The van der Waals surface area contributed by atoms with Crippen molar-refractivity contribution >= 4 is 40.9 Å². The van der Waals surface area contributed by atoms with Gasteiger partial charge in [-0.05, 0) is 30.3 Å². The van der Waals surface area contributed by atoms with Crippen molar-refractivity contribution in [3.05, 3.63) is 59.1 Å². The second-order valence-electron chi connectivity index (χ2n) is 6.83. The molecule has 0 radical (unpaired) electrons. The van der Waals surface area contributed by atoms with Gasteiger partial charge in [-0.3, -0.25) is 9.59 Å². The van der Waals surface area contributed by atoms with E-state index < -0.39 is 0 Å². The number of piperazine rings is 1. The van der Waals surface area contributed by atoms with E-state index in [0.29, 0.717) is 29.4 Å². The first-order valence-electron chi connectivity index (χ1n) is 9.17. The number of carbonyl (C=O) groups excluding carboxylic acids is 2. The minimum atomic E-state index is 0.0196. The molecule has 0 N–H and O–H groups in total. The summed E-state index contributed by atoms with van der Waals surface area (Å²) >= 11 is 7.50. The highest BCUT2D eigenvalue weighted by Crippen LogP contribution is 2.26. The number of hydrogen-bond acceptors (Lipinski definition) is 4. The largest absolute Gasteiger partial charge is 0.368 e. The zero-order valence-electron chi connectivity index (χ0n) is 16.1. The van der Waals surface area contributed by atoms with Crippen molar-refractivity contribution in [2.75, 3.05) is 50.9 Å². The average Bonchev–Trinajstić information content (AvgIpc) is 2.71. The van der Waals surface area contributed by atoms with E-state index in [1.54, 1.807) is 19.0 Å². The Labute approximate surface area is 175 Å². The van der Waals surface area contributed by atoms with E-state index in [9.17, 15) is 9.59 Å². The van der Waals surface area contributed by atoms with E-state index in [-0.39, 0.29) is 11.8 Å². The van der Waals surface area contributed by atoms with Crippen molar-refractivity contribution < 1.29 is 9.59 Å². The third-order valence-electron chi connectivity index (χ3n) is 4.71. The summed E-state index contributed by atoms with van der Waals surface area (Å²) in [5.74, 6) is 0.369. The Morgan fingerprint density at radius 1 is 1.04 bits per heavy atom. The van der Waals surface area contributed by atoms with Gasteiger partial charge in [0.05, 0.1) is 11.3 Å². The molecule has 1 aliphatic rings. The van der Waals surface area contributed by atoms with Crippen LogP contribution in [0.15, 0.2) is 53.4 Å². The summed E-state index contributed by atoms with van der Waals surface area (Å²) in [6.07, 6.45) is 0. The molecule has 3 rings (SSSR count). The number of hydrogen-bond donors (Lipinski definition) is 0. The fourth-order valence-corrected chi connectivity index (χ4v) is 4.26. The standard InChI is InChI=1S/C21H24ClN3O2S/c1-23(2)20(26)15-28-19-9-4-3-8-18(19)21(27)25-12-10-24(11-13-25)17-7-5-6-16(22)14-17/h3-9,14H,10-13,15H2,1-2H3. The Morgan fingerprint density at radius 2 is 1.75 bits per heavy atom. The van der Waals surface area contributed by atoms with E-state index in [4.69, 9.17) is 11.6 Å². The van der Waals surface area contributed by atoms with Crippen molar-refractivity contribution in [3.8, 4) is 0 Å². The molecule has 0 saturated carbocycles. The van der Waals surface area contributed by atoms with Crippen LogP contribution in [0.4, 0.5) is 5.69 Å². The molecule has 1 heterocycles. The van der Waals surface area contributed by atoms with Crippen molar-refractivity contribution in [3.63, 3.8) is 0 Å². The predicted octanol–water partition coefficient (Wildman–Crippen LogP) is 3.48. The molecule has 0 unspecified atom stereocenters. The zero-order chi connectivity index (χ0) is 20.1. The van der Waals surface area contributed by atoms with Crippen LogP contribution >= 0.6 is 23.4 Å². The SMILES string of the molecule is CN(C)C(=O)CSc1ccccc1C(=O)N1CCN(c2cccc(Cl)c2)CC1. The van der Waals surface area contributed by atoms with Crippen LogP contribution in [0.2, 0.25) is 5.02 Å². The van der Waals surface area contributed by atoms with Gasteiger partial charge < -0.3 is 14.7 Å². The lowest BCUT2D eigenvalue weighted by atomic mass is 10.1. The number of rotatable bonds is 5. The van der Waals surface area contributed by atoms with Gasteiger partial charge in [0, 0.05) is 55.9 Å². The maximum absolute atomic E-state index is 13.1. The highest BCUT2D eigenvalue weighted by Gasteiger charge is 2.24. The Balaban J connectivity index is 1.64. The summed E-state index contributed by atoms with van der Waals surface area (Å²) in [6.45, 7) is 2.84. The number of amides is 2. The van der Waals surface area contributed by atoms with Crippen LogP contribution < -0.4 is 4.90 Å². The molecule has 0 aromatic heterocycles. The third kappa shape index (κ3) is 5.00. The van der Waals surface area contributed by atoms with E-state index in [2.05, 4.69) is 4.90 Å². The molecule has 1 aliphatic heterocycles. The van der Waals surface area contributed by atoms with Gasteiger partial charge in [0.15, 0.2) is 0 Å². The maximum Gasteiger partial charge on any atom is 0.255 e. The average molecular weight is 418 g/mol. The monoisotopic (exact) mass is 417 g/mol. The molecule has 148 valence electrons. The fourth-order valence-electron chi connectivity index (χ4n) is 3.05. The van der Waals surface area contributed by atoms with Crippen molar-refractivity contribution in [1.29, 1.82) is 0 Å². The topological polar surface area (TPSA) is 43.9 Å². The van der Waals surface area contributed by atoms with Crippen LogP contribution in [0.25, 0.3) is 0 Å². The smallest absolute Gasteiger partial charge is 0.255 e. The highest BCUT2D eigenvalue weighted by molar-refractivity contribution is 8.00. The Kier molecular flexibility index (Phi) is 6.86. The molecule has 7 heteroatoms. The van der Waals surface area contributed by atoms with Gasteiger partial charge in [0.25, 0.3) is 5.91 Å². The van der Waals surface area contributed by atoms with Gasteiger partial charge in [-0.15, -0.1) is 11.8 Å². The van der Waals surface area contributed by atoms with E-state index in [0.717, 1.165) is 23.7 Å². The predicted molar refractivity (Wildman–Crippen MR) is 115 cm³/mol. The van der Waals surface area contributed by atoms with Gasteiger partial charge in [-0.25, -0.2) is 0 Å². The molecule has 28 heavy (non-hydrogen) atoms. The lowest BCUT2D eigenvalue weighted by molar-refractivity contribution is -0.125. The first kappa shape index (κ1) is 20.6. The quantitative estimate of drug-likeness (QED) is 0.698. The molecule has 2 aromatic carbocycles. The minimum Gasteiger partial charge on any atom is -0.368 e. The summed E-state index contributed by atoms with van der Waals surface area (Å²) in [7, 11) is 3.47. The van der Waals surface area contributed by atoms with Crippen LogP contribution in [-0.2, 0) is 4.79 Å². The fraction of sp³-hybridized carbons (Fsp3) is 0.333. The molecule has 2 amide bonds. The highest BCUT2D eigenvalue weighted by atomic mass is 35.5. The van der Waals surface area contributed by atoms with Crippen LogP contribution in [0.1, 0.15) is 10.4 Å². The van der Waals surface area contributed by atoms with Crippen LogP contribution in [-0.4, -0.2) is 67.6 Å². The molecule has 0 bridgehead atoms. The van der Waals surface area contributed by atoms with Gasteiger partial charge in [0.1, 0.15) is 0 Å². The van der Waals surface area contributed by atoms with Crippen LogP contribution in [0, 0.1) is 0 Å². The molecule has 2 aromatic rings. The maximum atomic E-state index is 13.1. The molecule has 0 spiro atoms. The summed E-state index contributed by atoms with van der Waals surface area (Å²) in [4.78, 5) is 31.5. The van der Waals surface area contributed by atoms with Crippen molar-refractivity contribution in [2.24, 2.45) is 0 Å². The Morgan fingerprint density at radius 3 is 2.43 bits per heavy atom. The number of benzene rings is 2. The number of nitrogens with zero attached hydrogens (tertiary/aromatic N) is 3. The lowest BCUT2D eigenvalue weighted by Crippen LogP contribution is -2.48. The summed E-state index contributed by atoms with van der Waals surface area (Å²) in [5.41, 5.74) is 1.74. The Hall–Kier alpha value is -2.18. The molecular formula is C21H24ClN3O2S. The number of anilines is 1. The van der Waals surface area contributed by atoms with Gasteiger partial charge >= 0.3 is 0 Å². The first-order chi connectivity index (χ1) is 13.5. The summed E-state index contributed by atoms with van der Waals surface area (Å²) in [6, 6.07) is 15.3. The van der Waals surface area contributed by atoms with E-state index in [1.807, 2.05) is 53.4 Å². The van der Waals surface area contributed by atoms with Crippen molar-refractivity contribution in [1.82, 2.24) is 9.80 Å². The van der Waals surface area contributed by atoms with Crippen LogP contribution in [0.5, 0.6) is 0 Å². The minimum absolute atomic E-state index is 0.0196. The van der Waals surface area contributed by atoms with E-state index in [1.165, 1.54) is 11.8 Å². The van der Waals surface area contributed by atoms with Crippen LogP contribution in [0.3, 0.4) is 0 Å². The molecule has 0 atom stereocenters. The third-order valence-corrected chi connectivity index (χ3v) is 6.00. The normalized spacial score (nSPS) is 14.1. The van der Waals surface area contributed by atoms with Gasteiger partial charge in [-0.2, -0.15) is 0 Å². The molecule has 1 fully saturated rings. The Bertz CT molecular complexity index is 851. The first-order valence-corrected chi connectivity index (χ1v) is 10.5. The summed E-state index contributed by atoms with van der Waals surface area (Å²) in [5, 5.41) is 0.717. The zero-order valence-corrected chi connectivity index (χ0v) is 17.7.